The average molecular weight is 155 g/mol. The Balaban J connectivity index is 2.36. The highest BCUT2D eigenvalue weighted by Gasteiger charge is 2.29. The van der Waals surface area contributed by atoms with Crippen molar-refractivity contribution in [3.8, 4) is 0 Å². The number of nitrogens with two attached hydrogens (primary N) is 1. The molecule has 1 unspecified atom stereocenters. The molecular weight excluding hydrogens is 138 g/mol. The number of Topliss-reactive ketones (excluding diaryl/α,β-unsaturated/α-hetero) is 1. The van der Waals surface area contributed by atoms with E-state index in [0.29, 0.717) is 18.2 Å². The Labute approximate surface area is 68.2 Å². The van der Waals surface area contributed by atoms with Gasteiger partial charge in [0.1, 0.15) is 5.78 Å². The van der Waals surface area contributed by atoms with E-state index in [-0.39, 0.29) is 5.92 Å². The van der Waals surface area contributed by atoms with E-state index in [1.54, 1.807) is 0 Å². The normalized spacial score (nSPS) is 20.9. The summed E-state index contributed by atoms with van der Waals surface area (Å²) in [6, 6.07) is 0. The Morgan fingerprint density at radius 3 is 2.55 bits per heavy atom. The maximum atomic E-state index is 11.5. The fourth-order valence-corrected chi connectivity index (χ4v) is 1.51. The summed E-state index contributed by atoms with van der Waals surface area (Å²) in [5.74, 6) is 0.921. The first kappa shape index (κ1) is 8.72. The molecule has 2 nitrogen and oxygen atoms in total. The van der Waals surface area contributed by atoms with Crippen LogP contribution in [0.3, 0.4) is 0 Å². The Morgan fingerprint density at radius 1 is 1.64 bits per heavy atom. The van der Waals surface area contributed by atoms with E-state index in [2.05, 4.69) is 0 Å². The van der Waals surface area contributed by atoms with Gasteiger partial charge >= 0.3 is 0 Å². The lowest BCUT2D eigenvalue weighted by Crippen LogP contribution is -2.32. The van der Waals surface area contributed by atoms with Crippen molar-refractivity contribution in [1.29, 1.82) is 0 Å². The maximum Gasteiger partial charge on any atom is 0.140 e. The van der Waals surface area contributed by atoms with Gasteiger partial charge in [-0.15, -0.1) is 0 Å². The summed E-state index contributed by atoms with van der Waals surface area (Å²) in [6.07, 6.45) is 4.36. The summed E-state index contributed by atoms with van der Waals surface area (Å²) in [7, 11) is 0. The van der Waals surface area contributed by atoms with E-state index in [1.165, 1.54) is 6.42 Å². The Bertz CT molecular complexity index is 136. The van der Waals surface area contributed by atoms with Gasteiger partial charge in [-0.25, -0.2) is 0 Å². The highest BCUT2D eigenvalue weighted by molar-refractivity contribution is 5.84. The molecule has 1 aliphatic rings. The van der Waals surface area contributed by atoms with Crippen molar-refractivity contribution in [3.63, 3.8) is 0 Å². The van der Waals surface area contributed by atoms with Crippen LogP contribution >= 0.6 is 0 Å². The molecule has 0 saturated heterocycles. The smallest absolute Gasteiger partial charge is 0.140 e. The minimum atomic E-state index is 0.139. The number of carbonyl (C=O) groups is 1. The van der Waals surface area contributed by atoms with E-state index in [1.807, 2.05) is 6.92 Å². The summed E-state index contributed by atoms with van der Waals surface area (Å²) in [5, 5.41) is 0. The molecule has 1 fully saturated rings. The molecule has 0 amide bonds. The van der Waals surface area contributed by atoms with Gasteiger partial charge in [-0.1, -0.05) is 13.3 Å². The summed E-state index contributed by atoms with van der Waals surface area (Å²) in [6.45, 7) is 2.57. The van der Waals surface area contributed by atoms with Crippen molar-refractivity contribution in [2.24, 2.45) is 17.6 Å². The van der Waals surface area contributed by atoms with Crippen molar-refractivity contribution in [2.75, 3.05) is 6.54 Å². The SMILES string of the molecule is CCC(CN)C(=O)C1CCC1. The van der Waals surface area contributed by atoms with Crippen LogP contribution in [0.15, 0.2) is 0 Å². The van der Waals surface area contributed by atoms with E-state index in [0.717, 1.165) is 19.3 Å². The number of carbonyl (C=O) groups excluding carboxylic acids is 1. The van der Waals surface area contributed by atoms with Crippen LogP contribution in [0.2, 0.25) is 0 Å². The zero-order valence-electron chi connectivity index (χ0n) is 7.18. The van der Waals surface area contributed by atoms with E-state index >= 15 is 0 Å². The van der Waals surface area contributed by atoms with Crippen molar-refractivity contribution in [3.05, 3.63) is 0 Å². The molecule has 0 aromatic heterocycles. The van der Waals surface area contributed by atoms with Crippen LogP contribution in [0.5, 0.6) is 0 Å². The van der Waals surface area contributed by atoms with Gasteiger partial charge < -0.3 is 5.73 Å². The van der Waals surface area contributed by atoms with Crippen LogP contribution < -0.4 is 5.73 Å². The third kappa shape index (κ3) is 1.80. The summed E-state index contributed by atoms with van der Waals surface area (Å²) < 4.78 is 0. The first-order valence-corrected chi connectivity index (χ1v) is 4.53. The Morgan fingerprint density at radius 2 is 2.27 bits per heavy atom. The summed E-state index contributed by atoms with van der Waals surface area (Å²) in [5.41, 5.74) is 5.48. The molecule has 1 rings (SSSR count). The maximum absolute atomic E-state index is 11.5. The van der Waals surface area contributed by atoms with Crippen LogP contribution in [-0.2, 0) is 4.79 Å². The molecular formula is C9H17NO. The third-order valence-electron chi connectivity index (χ3n) is 2.69. The molecule has 0 aromatic carbocycles. The van der Waals surface area contributed by atoms with Gasteiger partial charge in [0.05, 0.1) is 0 Å². The molecule has 0 heterocycles. The largest absolute Gasteiger partial charge is 0.330 e. The number of hydrogen-bond donors (Lipinski definition) is 1. The zero-order chi connectivity index (χ0) is 8.27. The lowest BCUT2D eigenvalue weighted by molar-refractivity contribution is -0.129. The van der Waals surface area contributed by atoms with E-state index in [4.69, 9.17) is 5.73 Å². The van der Waals surface area contributed by atoms with Crippen LogP contribution in [0, 0.1) is 11.8 Å². The lowest BCUT2D eigenvalue weighted by atomic mass is 9.77. The molecule has 0 aliphatic heterocycles. The topological polar surface area (TPSA) is 43.1 Å². The van der Waals surface area contributed by atoms with Crippen molar-refractivity contribution in [2.45, 2.75) is 32.6 Å². The Hall–Kier alpha value is -0.370. The molecule has 0 spiro atoms. The van der Waals surface area contributed by atoms with E-state index < -0.39 is 0 Å². The number of ketones is 1. The monoisotopic (exact) mass is 155 g/mol. The minimum absolute atomic E-state index is 0.139. The van der Waals surface area contributed by atoms with Crippen LogP contribution in [0.1, 0.15) is 32.6 Å². The molecule has 0 aromatic rings. The molecule has 1 aliphatic carbocycles. The first-order valence-electron chi connectivity index (χ1n) is 4.53. The van der Waals surface area contributed by atoms with Crippen LogP contribution in [0.25, 0.3) is 0 Å². The highest BCUT2D eigenvalue weighted by Crippen LogP contribution is 2.29. The second kappa shape index (κ2) is 3.86. The quantitative estimate of drug-likeness (QED) is 0.665. The van der Waals surface area contributed by atoms with Gasteiger partial charge in [-0.3, -0.25) is 4.79 Å². The average Bonchev–Trinajstić information content (AvgIpc) is 1.86. The van der Waals surface area contributed by atoms with Crippen molar-refractivity contribution in [1.82, 2.24) is 0 Å². The van der Waals surface area contributed by atoms with Gasteiger partial charge in [0.15, 0.2) is 0 Å². The van der Waals surface area contributed by atoms with E-state index in [9.17, 15) is 4.79 Å². The number of hydrogen-bond acceptors (Lipinski definition) is 2. The van der Waals surface area contributed by atoms with Gasteiger partial charge in [0.2, 0.25) is 0 Å². The van der Waals surface area contributed by atoms with Gasteiger partial charge in [-0.2, -0.15) is 0 Å². The molecule has 11 heavy (non-hydrogen) atoms. The van der Waals surface area contributed by atoms with Gasteiger partial charge in [0.25, 0.3) is 0 Å². The van der Waals surface area contributed by atoms with Crippen molar-refractivity contribution >= 4 is 5.78 Å². The molecule has 2 N–H and O–H groups in total. The minimum Gasteiger partial charge on any atom is -0.330 e. The van der Waals surface area contributed by atoms with Gasteiger partial charge in [0, 0.05) is 18.4 Å². The predicted molar refractivity (Wildman–Crippen MR) is 45.2 cm³/mol. The zero-order valence-corrected chi connectivity index (χ0v) is 7.18. The lowest BCUT2D eigenvalue weighted by Gasteiger charge is -2.27. The molecule has 2 heteroatoms. The molecule has 0 bridgehead atoms. The fourth-order valence-electron chi connectivity index (χ4n) is 1.51. The second-order valence-corrected chi connectivity index (χ2v) is 3.37. The fraction of sp³-hybridized carbons (Fsp3) is 0.889. The number of rotatable bonds is 4. The highest BCUT2D eigenvalue weighted by atomic mass is 16.1. The van der Waals surface area contributed by atoms with Crippen molar-refractivity contribution < 1.29 is 4.79 Å². The van der Waals surface area contributed by atoms with Gasteiger partial charge in [-0.05, 0) is 19.3 Å². The molecule has 0 radical (unpaired) electrons. The standard InChI is InChI=1S/C9H17NO/c1-2-7(6-10)9(11)8-4-3-5-8/h7-8H,2-6,10H2,1H3. The van der Waals surface area contributed by atoms with Crippen LogP contribution in [-0.4, -0.2) is 12.3 Å². The third-order valence-corrected chi connectivity index (χ3v) is 2.69. The summed E-state index contributed by atoms with van der Waals surface area (Å²) in [4.78, 5) is 11.5. The molecule has 64 valence electrons. The molecule has 1 atom stereocenters. The predicted octanol–water partition coefficient (Wildman–Crippen LogP) is 1.34. The summed E-state index contributed by atoms with van der Waals surface area (Å²) >= 11 is 0. The molecule has 1 saturated carbocycles. The first-order chi connectivity index (χ1) is 5.29. The Kier molecular flexibility index (Phi) is 3.06. The van der Waals surface area contributed by atoms with Crippen LogP contribution in [0.4, 0.5) is 0 Å². The second-order valence-electron chi connectivity index (χ2n) is 3.37.